The summed E-state index contributed by atoms with van der Waals surface area (Å²) in [5.74, 6) is -1.09. The zero-order valence-corrected chi connectivity index (χ0v) is 15.1. The third-order valence-corrected chi connectivity index (χ3v) is 3.86. The lowest BCUT2D eigenvalue weighted by Crippen LogP contribution is -2.32. The molecule has 0 aliphatic heterocycles. The number of benzene rings is 2. The average molecular weight is 410 g/mol. The maximum absolute atomic E-state index is 13.2. The average Bonchev–Trinajstić information content (AvgIpc) is 2.59. The fraction of sp³-hybridized carbons (Fsp3) is 0.222. The molecule has 0 spiro atoms. The number of carbonyl (C=O) groups excluding carboxylic acids is 2. The van der Waals surface area contributed by atoms with Crippen molar-refractivity contribution in [2.75, 3.05) is 19.8 Å². The zero-order chi connectivity index (χ0) is 18.2. The van der Waals surface area contributed by atoms with E-state index in [1.165, 1.54) is 12.1 Å². The van der Waals surface area contributed by atoms with Gasteiger partial charge in [-0.05, 0) is 58.7 Å². The van der Waals surface area contributed by atoms with E-state index < -0.39 is 24.3 Å². The van der Waals surface area contributed by atoms with Crippen LogP contribution >= 0.6 is 15.9 Å². The summed E-state index contributed by atoms with van der Waals surface area (Å²) in [5.41, 5.74) is 1.10. The van der Waals surface area contributed by atoms with E-state index in [1.54, 1.807) is 0 Å². The Morgan fingerprint density at radius 1 is 1.20 bits per heavy atom. The molecule has 0 saturated carbocycles. The summed E-state index contributed by atoms with van der Waals surface area (Å²) in [4.78, 5) is 23.5. The maximum Gasteiger partial charge on any atom is 0.339 e. The van der Waals surface area contributed by atoms with Crippen molar-refractivity contribution in [3.8, 4) is 5.75 Å². The third-order valence-electron chi connectivity index (χ3n) is 3.17. The molecule has 5 nitrogen and oxygen atoms in total. The van der Waals surface area contributed by atoms with Crippen LogP contribution in [0.15, 0.2) is 46.9 Å². The van der Waals surface area contributed by atoms with Crippen LogP contribution in [0.1, 0.15) is 15.9 Å². The van der Waals surface area contributed by atoms with Crippen molar-refractivity contribution in [3.63, 3.8) is 0 Å². The SMILES string of the molecule is Cc1cccc(OCCNC(=O)COC(=O)c2cc(F)ccc2Br)c1. The summed E-state index contributed by atoms with van der Waals surface area (Å²) in [6, 6.07) is 11.2. The van der Waals surface area contributed by atoms with Gasteiger partial charge in [0.2, 0.25) is 0 Å². The minimum absolute atomic E-state index is 0.0237. The van der Waals surface area contributed by atoms with Crippen molar-refractivity contribution in [1.29, 1.82) is 0 Å². The van der Waals surface area contributed by atoms with Crippen LogP contribution in [-0.4, -0.2) is 31.6 Å². The fourth-order valence-electron chi connectivity index (χ4n) is 1.98. The van der Waals surface area contributed by atoms with Crippen molar-refractivity contribution in [1.82, 2.24) is 5.32 Å². The number of carbonyl (C=O) groups is 2. The Labute approximate surface area is 153 Å². The molecule has 0 aliphatic rings. The molecule has 0 aliphatic carbocycles. The molecule has 0 fully saturated rings. The van der Waals surface area contributed by atoms with Crippen molar-refractivity contribution < 1.29 is 23.5 Å². The number of esters is 1. The van der Waals surface area contributed by atoms with Gasteiger partial charge in [0.05, 0.1) is 12.1 Å². The van der Waals surface area contributed by atoms with Gasteiger partial charge in [0, 0.05) is 4.47 Å². The summed E-state index contributed by atoms with van der Waals surface area (Å²) in [6.45, 7) is 2.07. The van der Waals surface area contributed by atoms with Gasteiger partial charge in [0.25, 0.3) is 5.91 Å². The Morgan fingerprint density at radius 2 is 2.00 bits per heavy atom. The van der Waals surface area contributed by atoms with Crippen LogP contribution in [0, 0.1) is 12.7 Å². The molecule has 1 N–H and O–H groups in total. The highest BCUT2D eigenvalue weighted by atomic mass is 79.9. The number of ether oxygens (including phenoxy) is 2. The van der Waals surface area contributed by atoms with Crippen LogP contribution in [0.5, 0.6) is 5.75 Å². The molecule has 0 aromatic heterocycles. The molecule has 25 heavy (non-hydrogen) atoms. The van der Waals surface area contributed by atoms with Crippen LogP contribution in [0.2, 0.25) is 0 Å². The number of hydrogen-bond acceptors (Lipinski definition) is 4. The molecule has 1 amide bonds. The predicted octanol–water partition coefficient (Wildman–Crippen LogP) is 3.25. The largest absolute Gasteiger partial charge is 0.492 e. The first kappa shape index (κ1) is 18.9. The normalized spacial score (nSPS) is 10.2. The van der Waals surface area contributed by atoms with E-state index >= 15 is 0 Å². The van der Waals surface area contributed by atoms with Gasteiger partial charge >= 0.3 is 5.97 Å². The molecule has 132 valence electrons. The first-order chi connectivity index (χ1) is 12.0. The number of halogens is 2. The molecule has 2 aromatic carbocycles. The fourth-order valence-corrected chi connectivity index (χ4v) is 2.39. The summed E-state index contributed by atoms with van der Waals surface area (Å²) >= 11 is 3.13. The van der Waals surface area contributed by atoms with Gasteiger partial charge in [-0.1, -0.05) is 12.1 Å². The number of hydrogen-bond donors (Lipinski definition) is 1. The first-order valence-electron chi connectivity index (χ1n) is 7.54. The Balaban J connectivity index is 1.70. The number of aryl methyl sites for hydroxylation is 1. The van der Waals surface area contributed by atoms with Gasteiger partial charge in [0.1, 0.15) is 18.2 Å². The lowest BCUT2D eigenvalue weighted by Gasteiger charge is -2.09. The minimum atomic E-state index is -0.780. The highest BCUT2D eigenvalue weighted by Gasteiger charge is 2.14. The molecular formula is C18H17BrFNO4. The van der Waals surface area contributed by atoms with Crippen LogP contribution < -0.4 is 10.1 Å². The van der Waals surface area contributed by atoms with E-state index in [-0.39, 0.29) is 12.1 Å². The van der Waals surface area contributed by atoms with Gasteiger partial charge in [-0.3, -0.25) is 4.79 Å². The second-order valence-corrected chi connectivity index (χ2v) is 6.07. The molecule has 0 heterocycles. The molecule has 0 bridgehead atoms. The molecule has 0 saturated heterocycles. The van der Waals surface area contributed by atoms with Crippen molar-refractivity contribution in [3.05, 3.63) is 63.9 Å². The quantitative estimate of drug-likeness (QED) is 0.562. The second kappa shape index (κ2) is 9.17. The van der Waals surface area contributed by atoms with E-state index in [2.05, 4.69) is 21.2 Å². The summed E-state index contributed by atoms with van der Waals surface area (Å²) in [6.07, 6.45) is 0. The standard InChI is InChI=1S/C18H17BrFNO4/c1-12-3-2-4-14(9-12)24-8-7-21-17(22)11-25-18(23)15-10-13(20)5-6-16(15)19/h2-6,9-10H,7-8,11H2,1H3,(H,21,22). The van der Waals surface area contributed by atoms with Crippen LogP contribution in [-0.2, 0) is 9.53 Å². The molecule has 2 rings (SSSR count). The molecule has 0 unspecified atom stereocenters. The van der Waals surface area contributed by atoms with E-state index in [4.69, 9.17) is 9.47 Å². The Kier molecular flexibility index (Phi) is 6.94. The zero-order valence-electron chi connectivity index (χ0n) is 13.6. The smallest absolute Gasteiger partial charge is 0.339 e. The summed E-state index contributed by atoms with van der Waals surface area (Å²) in [5, 5.41) is 2.57. The third kappa shape index (κ3) is 6.19. The first-order valence-corrected chi connectivity index (χ1v) is 8.33. The topological polar surface area (TPSA) is 64.6 Å². The van der Waals surface area contributed by atoms with Gasteiger partial charge < -0.3 is 14.8 Å². The van der Waals surface area contributed by atoms with E-state index in [0.29, 0.717) is 11.1 Å². The Bertz CT molecular complexity index is 766. The van der Waals surface area contributed by atoms with E-state index in [1.807, 2.05) is 31.2 Å². The van der Waals surface area contributed by atoms with Crippen LogP contribution in [0.4, 0.5) is 4.39 Å². The van der Waals surface area contributed by atoms with Crippen LogP contribution in [0.3, 0.4) is 0 Å². The van der Waals surface area contributed by atoms with E-state index in [9.17, 15) is 14.0 Å². The lowest BCUT2D eigenvalue weighted by atomic mass is 10.2. The summed E-state index contributed by atoms with van der Waals surface area (Å²) in [7, 11) is 0. The molecule has 2 aromatic rings. The highest BCUT2D eigenvalue weighted by molar-refractivity contribution is 9.10. The van der Waals surface area contributed by atoms with Crippen molar-refractivity contribution >= 4 is 27.8 Å². The number of amides is 1. The van der Waals surface area contributed by atoms with Gasteiger partial charge in [-0.15, -0.1) is 0 Å². The van der Waals surface area contributed by atoms with E-state index in [0.717, 1.165) is 17.4 Å². The van der Waals surface area contributed by atoms with Crippen molar-refractivity contribution in [2.45, 2.75) is 6.92 Å². The van der Waals surface area contributed by atoms with Crippen molar-refractivity contribution in [2.24, 2.45) is 0 Å². The summed E-state index contributed by atoms with van der Waals surface area (Å²) < 4.78 is 23.9. The maximum atomic E-state index is 13.2. The van der Waals surface area contributed by atoms with Gasteiger partial charge in [-0.25, -0.2) is 9.18 Å². The molecular weight excluding hydrogens is 393 g/mol. The Morgan fingerprint density at radius 3 is 2.76 bits per heavy atom. The van der Waals surface area contributed by atoms with Crippen LogP contribution in [0.25, 0.3) is 0 Å². The monoisotopic (exact) mass is 409 g/mol. The van der Waals surface area contributed by atoms with Gasteiger partial charge in [-0.2, -0.15) is 0 Å². The minimum Gasteiger partial charge on any atom is -0.492 e. The molecule has 7 heteroatoms. The molecule has 0 radical (unpaired) electrons. The highest BCUT2D eigenvalue weighted by Crippen LogP contribution is 2.18. The number of nitrogens with one attached hydrogen (secondary N) is 1. The van der Waals surface area contributed by atoms with Gasteiger partial charge in [0.15, 0.2) is 6.61 Å². The Hall–Kier alpha value is -2.41. The second-order valence-electron chi connectivity index (χ2n) is 5.22. The lowest BCUT2D eigenvalue weighted by molar-refractivity contribution is -0.124. The number of rotatable bonds is 7. The predicted molar refractivity (Wildman–Crippen MR) is 94.1 cm³/mol. The molecule has 0 atom stereocenters.